The molecular weight excluding hydrogens is 412 g/mol. The van der Waals surface area contributed by atoms with Crippen molar-refractivity contribution in [3.63, 3.8) is 0 Å². The monoisotopic (exact) mass is 430 g/mol. The number of hydrogen-bond acceptors (Lipinski definition) is 5. The molecule has 0 atom stereocenters. The van der Waals surface area contributed by atoms with Crippen LogP contribution in [0.15, 0.2) is 52.3 Å². The minimum atomic E-state index is -3.79. The molecule has 7 nitrogen and oxygen atoms in total. The third-order valence-corrected chi connectivity index (χ3v) is 8.05. The largest absolute Gasteiger partial charge is 0.497 e. The van der Waals surface area contributed by atoms with Gasteiger partial charge in [-0.25, -0.2) is 21.6 Å². The highest BCUT2D eigenvalue weighted by Crippen LogP contribution is 2.25. The lowest BCUT2D eigenvalue weighted by Gasteiger charge is -2.38. The van der Waals surface area contributed by atoms with Crippen molar-refractivity contribution in [3.8, 4) is 5.75 Å². The van der Waals surface area contributed by atoms with Crippen LogP contribution in [0.4, 0.5) is 0 Å². The topological polar surface area (TPSA) is 92.8 Å². The maximum Gasteiger partial charge on any atom is 0.243 e. The van der Waals surface area contributed by atoms with Crippen molar-refractivity contribution < 1.29 is 21.6 Å². The van der Waals surface area contributed by atoms with E-state index in [4.69, 9.17) is 16.3 Å². The van der Waals surface area contributed by atoms with Gasteiger partial charge in [-0.2, -0.15) is 4.31 Å². The van der Waals surface area contributed by atoms with Crippen LogP contribution >= 0.6 is 11.6 Å². The van der Waals surface area contributed by atoms with Crippen LogP contribution in [0.3, 0.4) is 0 Å². The summed E-state index contributed by atoms with van der Waals surface area (Å²) in [6, 6.07) is 10.2. The first-order chi connectivity index (χ1) is 12.6. The first-order valence-electron chi connectivity index (χ1n) is 8.06. The van der Waals surface area contributed by atoms with Gasteiger partial charge in [-0.15, -0.1) is 0 Å². The Morgan fingerprint density at radius 1 is 1.07 bits per heavy atom. The zero-order chi connectivity index (χ0) is 19.8. The van der Waals surface area contributed by atoms with Crippen LogP contribution in [0.5, 0.6) is 5.75 Å². The second-order valence-corrected chi connectivity index (χ2v) is 10.3. The lowest BCUT2D eigenvalue weighted by atomic mass is 10.2. The number of benzene rings is 2. The van der Waals surface area contributed by atoms with Gasteiger partial charge in [0.15, 0.2) is 0 Å². The van der Waals surface area contributed by atoms with Crippen molar-refractivity contribution in [2.24, 2.45) is 0 Å². The molecule has 1 aliphatic heterocycles. The fraction of sp³-hybridized carbons (Fsp3) is 0.294. The summed E-state index contributed by atoms with van der Waals surface area (Å²) in [5, 5.41) is 0.318. The molecule has 0 unspecified atom stereocenters. The number of aryl methyl sites for hydroxylation is 1. The number of nitrogens with one attached hydrogen (secondary N) is 1. The Hall–Kier alpha value is -1.65. The van der Waals surface area contributed by atoms with Crippen molar-refractivity contribution in [1.29, 1.82) is 0 Å². The van der Waals surface area contributed by atoms with Crippen molar-refractivity contribution in [3.05, 3.63) is 53.1 Å². The Labute approximate surface area is 164 Å². The SMILES string of the molecule is COc1ccc(S(=O)(=O)N2CC(NS(=O)(=O)c3cc(Cl)ccc3C)C2)cc1. The van der Waals surface area contributed by atoms with E-state index in [1.165, 1.54) is 29.6 Å². The lowest BCUT2D eigenvalue weighted by molar-refractivity contribution is 0.250. The summed E-state index contributed by atoms with van der Waals surface area (Å²) in [6.45, 7) is 1.80. The molecule has 1 aliphatic rings. The van der Waals surface area contributed by atoms with E-state index < -0.39 is 26.1 Å². The summed E-state index contributed by atoms with van der Waals surface area (Å²) in [4.78, 5) is 0.224. The standard InChI is InChI=1S/C17H19ClN2O5S2/c1-12-3-4-13(18)9-17(12)26(21,22)19-14-10-20(11-14)27(23,24)16-7-5-15(25-2)6-8-16/h3-9,14,19H,10-11H2,1-2H3. The van der Waals surface area contributed by atoms with Crippen LogP contribution in [0.25, 0.3) is 0 Å². The van der Waals surface area contributed by atoms with Crippen LogP contribution in [0, 0.1) is 6.92 Å². The van der Waals surface area contributed by atoms with Crippen molar-refractivity contribution in [2.75, 3.05) is 20.2 Å². The number of sulfonamides is 2. The van der Waals surface area contributed by atoms with Gasteiger partial charge >= 0.3 is 0 Å². The summed E-state index contributed by atoms with van der Waals surface area (Å²) in [7, 11) is -5.96. The molecular formula is C17H19ClN2O5S2. The first kappa shape index (κ1) is 20.1. The number of ether oxygens (including phenoxy) is 1. The molecule has 0 spiro atoms. The third-order valence-electron chi connectivity index (χ3n) is 4.31. The van der Waals surface area contributed by atoms with Gasteiger partial charge < -0.3 is 4.74 Å². The van der Waals surface area contributed by atoms with Gasteiger partial charge in [0.25, 0.3) is 0 Å². The fourth-order valence-corrected chi connectivity index (χ4v) is 6.01. The lowest BCUT2D eigenvalue weighted by Crippen LogP contribution is -2.60. The van der Waals surface area contributed by atoms with Crippen LogP contribution in [-0.4, -0.2) is 47.4 Å². The molecule has 0 amide bonds. The molecule has 10 heteroatoms. The minimum absolute atomic E-state index is 0.0627. The Bertz CT molecular complexity index is 1050. The molecule has 2 aromatic rings. The van der Waals surface area contributed by atoms with E-state index in [2.05, 4.69) is 4.72 Å². The number of rotatable bonds is 6. The summed E-state index contributed by atoms with van der Waals surface area (Å²) < 4.78 is 59.1. The average molecular weight is 431 g/mol. The van der Waals surface area contributed by atoms with E-state index >= 15 is 0 Å². The molecule has 27 heavy (non-hydrogen) atoms. The average Bonchev–Trinajstić information content (AvgIpc) is 2.59. The van der Waals surface area contributed by atoms with Gasteiger partial charge in [0.2, 0.25) is 20.0 Å². The van der Waals surface area contributed by atoms with Gasteiger partial charge in [0.05, 0.1) is 16.9 Å². The van der Waals surface area contributed by atoms with Gasteiger partial charge in [0, 0.05) is 24.2 Å². The molecule has 0 saturated carbocycles. The molecule has 0 radical (unpaired) electrons. The van der Waals surface area contributed by atoms with Crippen LogP contribution in [0.1, 0.15) is 5.56 Å². The van der Waals surface area contributed by atoms with Crippen molar-refractivity contribution in [1.82, 2.24) is 9.03 Å². The number of methoxy groups -OCH3 is 1. The second kappa shape index (κ2) is 7.40. The van der Waals surface area contributed by atoms with Crippen molar-refractivity contribution in [2.45, 2.75) is 22.8 Å². The quantitative estimate of drug-likeness (QED) is 0.756. The van der Waals surface area contributed by atoms with E-state index in [1.54, 1.807) is 31.2 Å². The molecule has 0 aromatic heterocycles. The zero-order valence-corrected chi connectivity index (χ0v) is 17.1. The van der Waals surface area contributed by atoms with E-state index in [1.807, 2.05) is 0 Å². The molecule has 2 aromatic carbocycles. The Balaban J connectivity index is 1.69. The second-order valence-electron chi connectivity index (χ2n) is 6.23. The number of hydrogen-bond donors (Lipinski definition) is 1. The molecule has 3 rings (SSSR count). The van der Waals surface area contributed by atoms with Crippen LogP contribution < -0.4 is 9.46 Å². The Morgan fingerprint density at radius 2 is 1.70 bits per heavy atom. The van der Waals surface area contributed by atoms with Gasteiger partial charge in [-0.3, -0.25) is 0 Å². The predicted molar refractivity (Wildman–Crippen MR) is 102 cm³/mol. The molecule has 1 heterocycles. The fourth-order valence-electron chi connectivity index (χ4n) is 2.75. The van der Waals surface area contributed by atoms with E-state index in [0.717, 1.165) is 0 Å². The third kappa shape index (κ3) is 4.12. The highest BCUT2D eigenvalue weighted by molar-refractivity contribution is 7.90. The van der Waals surface area contributed by atoms with E-state index in [0.29, 0.717) is 16.3 Å². The number of halogens is 1. The summed E-state index contributed by atoms with van der Waals surface area (Å²) in [5.74, 6) is 0.556. The van der Waals surface area contributed by atoms with E-state index in [9.17, 15) is 16.8 Å². The van der Waals surface area contributed by atoms with Crippen LogP contribution in [-0.2, 0) is 20.0 Å². The normalized spacial score (nSPS) is 16.1. The smallest absolute Gasteiger partial charge is 0.243 e. The van der Waals surface area contributed by atoms with Gasteiger partial charge in [-0.1, -0.05) is 17.7 Å². The molecule has 0 bridgehead atoms. The molecule has 146 valence electrons. The highest BCUT2D eigenvalue weighted by Gasteiger charge is 2.39. The summed E-state index contributed by atoms with van der Waals surface area (Å²) >= 11 is 5.89. The zero-order valence-electron chi connectivity index (χ0n) is 14.7. The molecule has 0 aliphatic carbocycles. The predicted octanol–water partition coefficient (Wildman–Crippen LogP) is 2.01. The summed E-state index contributed by atoms with van der Waals surface area (Å²) in [6.07, 6.45) is 0. The maximum absolute atomic E-state index is 12.6. The van der Waals surface area contributed by atoms with Gasteiger partial charge in [-0.05, 0) is 48.9 Å². The highest BCUT2D eigenvalue weighted by atomic mass is 35.5. The Kier molecular flexibility index (Phi) is 5.51. The number of nitrogens with zero attached hydrogens (tertiary/aromatic N) is 1. The van der Waals surface area contributed by atoms with Crippen molar-refractivity contribution >= 4 is 31.6 Å². The maximum atomic E-state index is 12.6. The van der Waals surface area contributed by atoms with Crippen LogP contribution in [0.2, 0.25) is 5.02 Å². The molecule has 1 N–H and O–H groups in total. The Morgan fingerprint density at radius 3 is 2.30 bits per heavy atom. The first-order valence-corrected chi connectivity index (χ1v) is 11.4. The summed E-state index contributed by atoms with van der Waals surface area (Å²) in [5.41, 5.74) is 0.564. The molecule has 1 saturated heterocycles. The van der Waals surface area contributed by atoms with Gasteiger partial charge in [0.1, 0.15) is 5.75 Å². The van der Waals surface area contributed by atoms with E-state index in [-0.39, 0.29) is 22.9 Å². The minimum Gasteiger partial charge on any atom is -0.497 e. The molecule has 1 fully saturated rings.